The fourth-order valence-electron chi connectivity index (χ4n) is 1.60. The molecule has 0 aromatic carbocycles. The number of nitrogens with zero attached hydrogens (tertiary/aromatic N) is 3. The van der Waals surface area contributed by atoms with Crippen molar-refractivity contribution in [2.24, 2.45) is 0 Å². The highest BCUT2D eigenvalue weighted by Gasteiger charge is 2.34. The molecular formula is C15H11BrF6N3O3+. The van der Waals surface area contributed by atoms with E-state index in [1.807, 2.05) is 0 Å². The van der Waals surface area contributed by atoms with Crippen molar-refractivity contribution in [2.45, 2.75) is 25.8 Å². The number of hydrogen-bond donors (Lipinski definition) is 1. The van der Waals surface area contributed by atoms with Crippen LogP contribution in [0.5, 0.6) is 0 Å². The van der Waals surface area contributed by atoms with Crippen molar-refractivity contribution in [1.82, 2.24) is 9.97 Å². The topological polar surface area (TPSA) is 84.0 Å². The van der Waals surface area contributed by atoms with Crippen LogP contribution in [0.2, 0.25) is 0 Å². The van der Waals surface area contributed by atoms with Crippen molar-refractivity contribution in [3.8, 4) is 11.3 Å². The third-order valence-electron chi connectivity index (χ3n) is 2.89. The van der Waals surface area contributed by atoms with Crippen LogP contribution in [0, 0.1) is 0 Å². The van der Waals surface area contributed by atoms with Crippen LogP contribution in [0.25, 0.3) is 11.3 Å². The standard InChI is InChI=1S/C12H7BrF3N3O2.C3H3F3O/c13-8-5-19(6-11(20)21)2-1-7(8)9-3-17-4-10(18-9)12(14,15)16;1-2(7)3(4,5)6/h1-5H,6H2;1H3/p+1. The summed E-state index contributed by atoms with van der Waals surface area (Å²) in [6.45, 7) is 0.229. The van der Waals surface area contributed by atoms with Crippen LogP contribution in [0.1, 0.15) is 12.6 Å². The molecule has 0 amide bonds. The molecule has 0 saturated carbocycles. The Kier molecular flexibility index (Phi) is 7.61. The molecule has 0 radical (unpaired) electrons. The Morgan fingerprint density at radius 1 is 1.18 bits per heavy atom. The van der Waals surface area contributed by atoms with Gasteiger partial charge < -0.3 is 5.11 Å². The predicted molar refractivity (Wildman–Crippen MR) is 84.7 cm³/mol. The molecule has 2 aromatic heterocycles. The number of carboxylic acids is 1. The molecule has 28 heavy (non-hydrogen) atoms. The molecule has 0 atom stereocenters. The number of aliphatic carboxylic acids is 1. The largest absolute Gasteiger partial charge is 0.477 e. The lowest BCUT2D eigenvalue weighted by Gasteiger charge is -2.07. The van der Waals surface area contributed by atoms with Crippen molar-refractivity contribution in [3.63, 3.8) is 0 Å². The number of carbonyl (C=O) groups is 2. The van der Waals surface area contributed by atoms with Gasteiger partial charge in [-0.15, -0.1) is 0 Å². The molecule has 0 bridgehead atoms. The zero-order chi connectivity index (χ0) is 21.7. The number of carboxylic acid groups (broad SMARTS) is 1. The van der Waals surface area contributed by atoms with E-state index in [0.29, 0.717) is 23.2 Å². The van der Waals surface area contributed by atoms with Crippen LogP contribution in [-0.4, -0.2) is 33.0 Å². The van der Waals surface area contributed by atoms with E-state index in [0.717, 1.165) is 0 Å². The maximum Gasteiger partial charge on any atom is 0.449 e. The van der Waals surface area contributed by atoms with Gasteiger partial charge in [-0.05, 0) is 15.9 Å². The van der Waals surface area contributed by atoms with E-state index in [2.05, 4.69) is 25.9 Å². The first kappa shape index (κ1) is 23.5. The molecule has 0 aliphatic heterocycles. The molecule has 0 aliphatic rings. The van der Waals surface area contributed by atoms with Gasteiger partial charge in [-0.25, -0.2) is 9.78 Å². The van der Waals surface area contributed by atoms with Gasteiger partial charge in [0.2, 0.25) is 12.3 Å². The summed E-state index contributed by atoms with van der Waals surface area (Å²) >= 11 is 3.19. The van der Waals surface area contributed by atoms with E-state index in [1.54, 1.807) is 0 Å². The van der Waals surface area contributed by atoms with Gasteiger partial charge in [0.05, 0.1) is 22.6 Å². The van der Waals surface area contributed by atoms with Gasteiger partial charge in [0.25, 0.3) is 0 Å². The van der Waals surface area contributed by atoms with Gasteiger partial charge >= 0.3 is 18.3 Å². The summed E-state index contributed by atoms with van der Waals surface area (Å²) in [5.41, 5.74) is -0.663. The number of hydrogen-bond acceptors (Lipinski definition) is 4. The summed E-state index contributed by atoms with van der Waals surface area (Å²) in [5, 5.41) is 8.69. The maximum atomic E-state index is 12.6. The minimum absolute atomic E-state index is 0.0409. The molecule has 2 heterocycles. The van der Waals surface area contributed by atoms with Gasteiger partial charge in [-0.2, -0.15) is 30.9 Å². The number of carbonyl (C=O) groups excluding carboxylic acids is 1. The molecule has 0 fully saturated rings. The van der Waals surface area contributed by atoms with E-state index < -0.39 is 29.8 Å². The number of Topliss-reactive ketones (excluding diaryl/α,β-unsaturated/α-hetero) is 1. The fourth-order valence-corrected chi connectivity index (χ4v) is 2.20. The van der Waals surface area contributed by atoms with E-state index in [4.69, 9.17) is 5.11 Å². The number of halogens is 7. The summed E-state index contributed by atoms with van der Waals surface area (Å²) in [5.74, 6) is -2.79. The fraction of sp³-hybridized carbons (Fsp3) is 0.267. The number of alkyl halides is 6. The molecule has 0 unspecified atom stereocenters. The van der Waals surface area contributed by atoms with Gasteiger partial charge in [0.1, 0.15) is 0 Å². The van der Waals surface area contributed by atoms with E-state index in [-0.39, 0.29) is 12.2 Å². The Morgan fingerprint density at radius 2 is 1.75 bits per heavy atom. The summed E-state index contributed by atoms with van der Waals surface area (Å²) in [4.78, 5) is 27.0. The monoisotopic (exact) mass is 474 g/mol. The van der Waals surface area contributed by atoms with Crippen LogP contribution in [0.4, 0.5) is 26.3 Å². The van der Waals surface area contributed by atoms with Crippen molar-refractivity contribution < 1.29 is 45.6 Å². The summed E-state index contributed by atoms with van der Waals surface area (Å²) in [6, 6.07) is 1.47. The highest BCUT2D eigenvalue weighted by molar-refractivity contribution is 9.10. The Hall–Kier alpha value is -2.57. The van der Waals surface area contributed by atoms with Crippen molar-refractivity contribution in [2.75, 3.05) is 0 Å². The first-order valence-corrected chi connectivity index (χ1v) is 7.89. The maximum absolute atomic E-state index is 12.6. The lowest BCUT2D eigenvalue weighted by atomic mass is 10.2. The summed E-state index contributed by atoms with van der Waals surface area (Å²) in [7, 11) is 0. The van der Waals surface area contributed by atoms with Crippen LogP contribution >= 0.6 is 15.9 Å². The van der Waals surface area contributed by atoms with Crippen molar-refractivity contribution in [1.29, 1.82) is 0 Å². The van der Waals surface area contributed by atoms with E-state index >= 15 is 0 Å². The van der Waals surface area contributed by atoms with Gasteiger partial charge in [-0.1, -0.05) is 0 Å². The lowest BCUT2D eigenvalue weighted by molar-refractivity contribution is -0.686. The lowest BCUT2D eigenvalue weighted by Crippen LogP contribution is -2.37. The Balaban J connectivity index is 0.000000480. The van der Waals surface area contributed by atoms with Crippen LogP contribution in [-0.2, 0) is 22.3 Å². The Bertz CT molecular complexity index is 871. The minimum Gasteiger partial charge on any atom is -0.477 e. The van der Waals surface area contributed by atoms with Crippen molar-refractivity contribution >= 4 is 27.7 Å². The number of pyridine rings is 1. The second kappa shape index (κ2) is 9.08. The van der Waals surface area contributed by atoms with E-state index in [1.165, 1.54) is 29.2 Å². The highest BCUT2D eigenvalue weighted by Crippen LogP contribution is 2.30. The van der Waals surface area contributed by atoms with E-state index in [9.17, 15) is 35.9 Å². The molecule has 2 aromatic rings. The molecule has 6 nitrogen and oxygen atoms in total. The van der Waals surface area contributed by atoms with Crippen LogP contribution in [0.15, 0.2) is 35.3 Å². The predicted octanol–water partition coefficient (Wildman–Crippen LogP) is 3.43. The molecule has 0 saturated heterocycles. The molecule has 152 valence electrons. The Morgan fingerprint density at radius 3 is 2.18 bits per heavy atom. The zero-order valence-electron chi connectivity index (χ0n) is 13.8. The van der Waals surface area contributed by atoms with Gasteiger partial charge in [0.15, 0.2) is 18.1 Å². The molecular weight excluding hydrogens is 464 g/mol. The number of rotatable bonds is 3. The molecule has 13 heteroatoms. The first-order chi connectivity index (χ1) is 12.7. The second-order valence-electron chi connectivity index (χ2n) is 5.11. The third kappa shape index (κ3) is 7.21. The highest BCUT2D eigenvalue weighted by atomic mass is 79.9. The SMILES string of the molecule is CC(=O)C(F)(F)F.O=C(O)C[n+]1ccc(-c2cncc(C(F)(F)F)n2)c(Br)c1. The van der Waals surface area contributed by atoms with Gasteiger partial charge in [0, 0.05) is 18.6 Å². The average molecular weight is 475 g/mol. The zero-order valence-corrected chi connectivity index (χ0v) is 15.4. The van der Waals surface area contributed by atoms with Crippen molar-refractivity contribution in [3.05, 3.63) is 41.0 Å². The molecule has 0 spiro atoms. The van der Waals surface area contributed by atoms with Gasteiger partial charge in [-0.3, -0.25) is 9.78 Å². The summed E-state index contributed by atoms with van der Waals surface area (Å²) < 4.78 is 72.1. The quantitative estimate of drug-likeness (QED) is 0.544. The Labute approximate surface area is 162 Å². The second-order valence-corrected chi connectivity index (χ2v) is 5.97. The number of ketones is 1. The third-order valence-corrected chi connectivity index (χ3v) is 3.52. The molecule has 0 aliphatic carbocycles. The normalized spacial score (nSPS) is 11.4. The van der Waals surface area contributed by atoms with Crippen LogP contribution < -0.4 is 4.57 Å². The van der Waals surface area contributed by atoms with Crippen LogP contribution in [0.3, 0.4) is 0 Å². The molecule has 1 N–H and O–H groups in total. The first-order valence-electron chi connectivity index (χ1n) is 7.09. The summed E-state index contributed by atoms with van der Waals surface area (Å²) in [6.07, 6.45) is -4.48. The molecule has 2 rings (SSSR count). The minimum atomic E-state index is -4.64. The average Bonchev–Trinajstić information content (AvgIpc) is 2.53. The smallest absolute Gasteiger partial charge is 0.449 e. The number of aromatic nitrogens is 3.